The van der Waals surface area contributed by atoms with Gasteiger partial charge in [-0.25, -0.2) is 15.0 Å². The lowest BCUT2D eigenvalue weighted by Crippen LogP contribution is -2.00. The molecule has 0 fully saturated rings. The van der Waals surface area contributed by atoms with Gasteiger partial charge in [0, 0.05) is 38.2 Å². The molecule has 8 aromatic carbocycles. The maximum atomic E-state index is 6.73. The van der Waals surface area contributed by atoms with Crippen LogP contribution >= 0.6 is 0 Å². The van der Waals surface area contributed by atoms with Crippen molar-refractivity contribution in [2.75, 3.05) is 0 Å². The first-order valence-corrected chi connectivity index (χ1v) is 17.4. The van der Waals surface area contributed by atoms with Gasteiger partial charge >= 0.3 is 0 Å². The van der Waals surface area contributed by atoms with Crippen molar-refractivity contribution in [1.29, 1.82) is 0 Å². The van der Waals surface area contributed by atoms with Crippen LogP contribution in [-0.2, 0) is 0 Å². The second-order valence-corrected chi connectivity index (χ2v) is 13.1. The maximum absolute atomic E-state index is 6.73. The molecule has 52 heavy (non-hydrogen) atoms. The van der Waals surface area contributed by atoms with Crippen molar-refractivity contribution < 1.29 is 8.83 Å². The fourth-order valence-corrected chi connectivity index (χ4v) is 7.70. The van der Waals surface area contributed by atoms with Gasteiger partial charge in [0.25, 0.3) is 0 Å². The Hall–Kier alpha value is -7.11. The van der Waals surface area contributed by atoms with E-state index in [1.54, 1.807) is 0 Å². The van der Waals surface area contributed by atoms with E-state index < -0.39 is 0 Å². The molecule has 0 N–H and O–H groups in total. The summed E-state index contributed by atoms with van der Waals surface area (Å²) in [6.45, 7) is 0. The summed E-state index contributed by atoms with van der Waals surface area (Å²) < 4.78 is 13.2. The number of fused-ring (bicyclic) bond motifs is 8. The van der Waals surface area contributed by atoms with Crippen molar-refractivity contribution in [2.24, 2.45) is 0 Å². The fourth-order valence-electron chi connectivity index (χ4n) is 7.70. The Morgan fingerprint density at radius 1 is 0.327 bits per heavy atom. The van der Waals surface area contributed by atoms with Gasteiger partial charge in [0.1, 0.15) is 22.3 Å². The predicted octanol–water partition coefficient (Wildman–Crippen LogP) is 12.6. The first-order chi connectivity index (χ1) is 25.8. The topological polar surface area (TPSA) is 65.0 Å². The lowest BCUT2D eigenvalue weighted by atomic mass is 9.96. The summed E-state index contributed by atoms with van der Waals surface area (Å²) in [4.78, 5) is 15.5. The number of para-hydroxylation sites is 3. The first-order valence-electron chi connectivity index (χ1n) is 17.4. The van der Waals surface area contributed by atoms with Crippen LogP contribution in [0.1, 0.15) is 0 Å². The number of rotatable bonds is 4. The van der Waals surface area contributed by atoms with Gasteiger partial charge < -0.3 is 8.83 Å². The van der Waals surface area contributed by atoms with E-state index in [-0.39, 0.29) is 0 Å². The molecule has 0 saturated carbocycles. The van der Waals surface area contributed by atoms with Crippen LogP contribution in [0.5, 0.6) is 0 Å². The summed E-state index contributed by atoms with van der Waals surface area (Å²) in [5.74, 6) is 1.68. The Labute approximate surface area is 297 Å². The Kier molecular flexibility index (Phi) is 6.18. The second kappa shape index (κ2) is 11.2. The molecule has 5 heteroatoms. The zero-order chi connectivity index (χ0) is 34.2. The minimum Gasteiger partial charge on any atom is -0.455 e. The molecule has 11 aromatic rings. The maximum Gasteiger partial charge on any atom is 0.167 e. The molecule has 0 aliphatic rings. The van der Waals surface area contributed by atoms with E-state index in [1.807, 2.05) is 42.5 Å². The van der Waals surface area contributed by atoms with Crippen molar-refractivity contribution in [3.63, 3.8) is 0 Å². The number of benzene rings is 8. The lowest BCUT2D eigenvalue weighted by molar-refractivity contribution is 0.669. The van der Waals surface area contributed by atoms with Crippen LogP contribution < -0.4 is 0 Å². The summed E-state index contributed by atoms with van der Waals surface area (Å²) in [5.41, 5.74) is 7.93. The minimum atomic E-state index is 0.541. The van der Waals surface area contributed by atoms with Gasteiger partial charge in [-0.15, -0.1) is 0 Å². The van der Waals surface area contributed by atoms with E-state index in [1.165, 1.54) is 10.8 Å². The fraction of sp³-hybridized carbons (Fsp3) is 0. The Balaban J connectivity index is 1.18. The SMILES string of the molecule is c1ccc2cc(-c3nc(-c4cccc5c4oc4ccccc45)nc(-c4cccc5oc6c(-c7cccc8ccccc78)cccc6c45)n3)ccc2c1. The van der Waals surface area contributed by atoms with E-state index in [2.05, 4.69) is 121 Å². The smallest absolute Gasteiger partial charge is 0.167 e. The molecule has 0 spiro atoms. The molecule has 0 aliphatic heterocycles. The third-order valence-corrected chi connectivity index (χ3v) is 10.1. The van der Waals surface area contributed by atoms with Crippen LogP contribution in [0.3, 0.4) is 0 Å². The van der Waals surface area contributed by atoms with Gasteiger partial charge in [-0.3, -0.25) is 0 Å². The molecular formula is C47H27N3O2. The lowest BCUT2D eigenvalue weighted by Gasteiger charge is -2.10. The van der Waals surface area contributed by atoms with Crippen molar-refractivity contribution in [3.8, 4) is 45.3 Å². The number of furan rings is 2. The van der Waals surface area contributed by atoms with E-state index in [0.717, 1.165) is 82.5 Å². The van der Waals surface area contributed by atoms with Gasteiger partial charge in [-0.2, -0.15) is 0 Å². The van der Waals surface area contributed by atoms with Crippen LogP contribution in [-0.4, -0.2) is 15.0 Å². The summed E-state index contributed by atoms with van der Waals surface area (Å²) in [6.07, 6.45) is 0. The zero-order valence-electron chi connectivity index (χ0n) is 27.7. The van der Waals surface area contributed by atoms with Crippen molar-refractivity contribution in [2.45, 2.75) is 0 Å². The van der Waals surface area contributed by atoms with E-state index in [4.69, 9.17) is 23.8 Å². The molecule has 0 unspecified atom stereocenters. The molecule has 0 amide bonds. The van der Waals surface area contributed by atoms with Crippen molar-refractivity contribution >= 4 is 65.4 Å². The monoisotopic (exact) mass is 665 g/mol. The molecule has 11 rings (SSSR count). The van der Waals surface area contributed by atoms with Crippen LogP contribution in [0.15, 0.2) is 173 Å². The van der Waals surface area contributed by atoms with Gasteiger partial charge in [-0.05, 0) is 51.4 Å². The third kappa shape index (κ3) is 4.39. The molecule has 3 heterocycles. The molecule has 0 radical (unpaired) electrons. The third-order valence-electron chi connectivity index (χ3n) is 10.1. The number of aromatic nitrogens is 3. The molecule has 0 bridgehead atoms. The molecule has 0 atom stereocenters. The van der Waals surface area contributed by atoms with E-state index in [0.29, 0.717) is 17.5 Å². The molecule has 3 aromatic heterocycles. The largest absolute Gasteiger partial charge is 0.455 e. The zero-order valence-corrected chi connectivity index (χ0v) is 27.7. The molecule has 242 valence electrons. The first kappa shape index (κ1) is 28.7. The highest BCUT2D eigenvalue weighted by molar-refractivity contribution is 6.16. The summed E-state index contributed by atoms with van der Waals surface area (Å²) in [5, 5.41) is 8.68. The summed E-state index contributed by atoms with van der Waals surface area (Å²) >= 11 is 0. The van der Waals surface area contributed by atoms with Gasteiger partial charge in [0.2, 0.25) is 0 Å². The van der Waals surface area contributed by atoms with Gasteiger partial charge in [0.15, 0.2) is 17.5 Å². The predicted molar refractivity (Wildman–Crippen MR) is 211 cm³/mol. The molecule has 5 nitrogen and oxygen atoms in total. The van der Waals surface area contributed by atoms with Gasteiger partial charge in [-0.1, -0.05) is 140 Å². The highest BCUT2D eigenvalue weighted by Gasteiger charge is 2.22. The van der Waals surface area contributed by atoms with Crippen molar-refractivity contribution in [3.05, 3.63) is 164 Å². The Morgan fingerprint density at radius 2 is 0.885 bits per heavy atom. The average molecular weight is 666 g/mol. The van der Waals surface area contributed by atoms with Crippen LogP contribution in [0.4, 0.5) is 0 Å². The van der Waals surface area contributed by atoms with Crippen LogP contribution in [0.2, 0.25) is 0 Å². The highest BCUT2D eigenvalue weighted by Crippen LogP contribution is 2.42. The molecule has 0 saturated heterocycles. The summed E-state index contributed by atoms with van der Waals surface area (Å²) in [6, 6.07) is 56.3. The van der Waals surface area contributed by atoms with Crippen LogP contribution in [0.25, 0.3) is 111 Å². The second-order valence-electron chi connectivity index (χ2n) is 13.1. The number of hydrogen-bond acceptors (Lipinski definition) is 5. The highest BCUT2D eigenvalue weighted by atomic mass is 16.3. The normalized spacial score (nSPS) is 11.8. The van der Waals surface area contributed by atoms with E-state index >= 15 is 0 Å². The Morgan fingerprint density at radius 3 is 1.79 bits per heavy atom. The molecular weight excluding hydrogens is 639 g/mol. The molecule has 0 aliphatic carbocycles. The standard InChI is InChI=1S/C47H27N3O2/c1-2-13-30-27-31(26-25-28(30)11-1)45-48-46(50-47(49-45)39-22-9-19-36-34-16-5-6-23-40(34)51-44(36)39)38-21-10-24-41-42(38)37-20-8-18-35(43(37)52-41)33-17-7-14-29-12-3-4-15-32(29)33/h1-27H. The average Bonchev–Trinajstić information content (AvgIpc) is 3.79. The van der Waals surface area contributed by atoms with Crippen molar-refractivity contribution in [1.82, 2.24) is 15.0 Å². The quantitative estimate of drug-likeness (QED) is 0.187. The Bertz CT molecular complexity index is 3200. The minimum absolute atomic E-state index is 0.541. The summed E-state index contributed by atoms with van der Waals surface area (Å²) in [7, 11) is 0. The number of nitrogens with zero attached hydrogens (tertiary/aromatic N) is 3. The number of hydrogen-bond donors (Lipinski definition) is 0. The van der Waals surface area contributed by atoms with Gasteiger partial charge in [0.05, 0.1) is 5.56 Å². The van der Waals surface area contributed by atoms with Crippen LogP contribution in [0, 0.1) is 0 Å². The van der Waals surface area contributed by atoms with E-state index in [9.17, 15) is 0 Å².